The Bertz CT molecular complexity index is 820. The Hall–Kier alpha value is -1.61. The molecular weight excluding hydrogens is 396 g/mol. The quantitative estimate of drug-likeness (QED) is 0.453. The molecule has 0 radical (unpaired) electrons. The highest BCUT2D eigenvalue weighted by Crippen LogP contribution is 2.25. The second-order valence-corrected chi connectivity index (χ2v) is 9.18. The molecule has 2 rings (SSSR count). The van der Waals surface area contributed by atoms with Crippen LogP contribution >= 0.6 is 22.9 Å². The van der Waals surface area contributed by atoms with Crippen LogP contribution in [0.15, 0.2) is 40.6 Å². The van der Waals surface area contributed by atoms with Crippen LogP contribution in [0.2, 0.25) is 4.34 Å². The van der Waals surface area contributed by atoms with Crippen LogP contribution in [0.4, 0.5) is 0 Å². The molecule has 2 N–H and O–H groups in total. The molecule has 1 aromatic heterocycles. The van der Waals surface area contributed by atoms with Crippen molar-refractivity contribution < 1.29 is 17.9 Å². The van der Waals surface area contributed by atoms with Gasteiger partial charge < -0.3 is 4.74 Å². The lowest BCUT2D eigenvalue weighted by Crippen LogP contribution is -2.41. The minimum atomic E-state index is -3.84. The molecule has 0 atom stereocenters. The van der Waals surface area contributed by atoms with Crippen molar-refractivity contribution in [2.45, 2.75) is 36.8 Å². The number of rotatable bonds is 10. The number of thiophene rings is 1. The number of halogens is 1. The molecular formula is C17H21ClN2O4S2. The summed E-state index contributed by atoms with van der Waals surface area (Å²) in [4.78, 5) is 14.1. The van der Waals surface area contributed by atoms with Gasteiger partial charge in [-0.25, -0.2) is 8.42 Å². The fraction of sp³-hybridized carbons (Fsp3) is 0.353. The van der Waals surface area contributed by atoms with Crippen LogP contribution < -0.4 is 15.0 Å². The van der Waals surface area contributed by atoms with Crippen molar-refractivity contribution in [2.24, 2.45) is 0 Å². The standard InChI is InChI=1S/C17H21ClN2O4S2/c1-2-3-4-5-12-24-14-8-6-13(7-9-14)17(21)19-20-26(22,23)16-11-10-15(18)25-16/h6-11,20H,2-5,12H2,1H3,(H,19,21). The molecule has 6 nitrogen and oxygen atoms in total. The summed E-state index contributed by atoms with van der Waals surface area (Å²) in [5.41, 5.74) is 2.49. The fourth-order valence-corrected chi connectivity index (χ4v) is 4.42. The van der Waals surface area contributed by atoms with E-state index in [9.17, 15) is 13.2 Å². The van der Waals surface area contributed by atoms with Crippen molar-refractivity contribution in [3.8, 4) is 5.75 Å². The Labute approximate surface area is 162 Å². The van der Waals surface area contributed by atoms with Gasteiger partial charge in [-0.15, -0.1) is 16.2 Å². The molecule has 2 aromatic rings. The molecule has 0 bridgehead atoms. The summed E-state index contributed by atoms with van der Waals surface area (Å²) in [5.74, 6) is 0.109. The maximum Gasteiger partial charge on any atom is 0.266 e. The summed E-state index contributed by atoms with van der Waals surface area (Å²) in [6.45, 7) is 2.79. The van der Waals surface area contributed by atoms with Gasteiger partial charge in [-0.3, -0.25) is 10.2 Å². The maximum atomic E-state index is 12.1. The highest BCUT2D eigenvalue weighted by atomic mass is 35.5. The van der Waals surface area contributed by atoms with E-state index in [1.807, 2.05) is 4.83 Å². The Balaban J connectivity index is 1.84. The van der Waals surface area contributed by atoms with Crippen molar-refractivity contribution in [1.82, 2.24) is 10.3 Å². The number of unbranched alkanes of at least 4 members (excludes halogenated alkanes) is 3. The first kappa shape index (κ1) is 20.7. The first-order valence-corrected chi connectivity index (χ1v) is 10.9. The van der Waals surface area contributed by atoms with Gasteiger partial charge in [-0.1, -0.05) is 37.8 Å². The summed E-state index contributed by atoms with van der Waals surface area (Å²) in [6.07, 6.45) is 4.49. The molecule has 0 aliphatic heterocycles. The number of carbonyl (C=O) groups excluding carboxylic acids is 1. The van der Waals surface area contributed by atoms with Crippen molar-refractivity contribution in [1.29, 1.82) is 0 Å². The average molecular weight is 417 g/mol. The van der Waals surface area contributed by atoms with Gasteiger partial charge in [0.05, 0.1) is 10.9 Å². The molecule has 142 valence electrons. The number of ether oxygens (including phenoxy) is 1. The number of benzene rings is 1. The predicted molar refractivity (Wildman–Crippen MR) is 103 cm³/mol. The number of amides is 1. The lowest BCUT2D eigenvalue weighted by atomic mass is 10.2. The van der Waals surface area contributed by atoms with E-state index in [-0.39, 0.29) is 4.21 Å². The second-order valence-electron chi connectivity index (χ2n) is 5.55. The molecule has 0 aliphatic carbocycles. The zero-order valence-corrected chi connectivity index (χ0v) is 16.7. The third-order valence-corrected chi connectivity index (χ3v) is 6.47. The molecule has 26 heavy (non-hydrogen) atoms. The zero-order chi connectivity index (χ0) is 19.0. The normalized spacial score (nSPS) is 11.3. The number of hydrazine groups is 1. The largest absolute Gasteiger partial charge is 0.494 e. The molecule has 0 saturated carbocycles. The molecule has 9 heteroatoms. The van der Waals surface area contributed by atoms with Crippen LogP contribution in [0.3, 0.4) is 0 Å². The van der Waals surface area contributed by atoms with E-state index < -0.39 is 15.9 Å². The first-order chi connectivity index (χ1) is 12.4. The van der Waals surface area contributed by atoms with Gasteiger partial charge in [-0.05, 0) is 42.8 Å². The van der Waals surface area contributed by atoms with E-state index in [1.54, 1.807) is 24.3 Å². The van der Waals surface area contributed by atoms with Crippen LogP contribution in [0.5, 0.6) is 5.75 Å². The topological polar surface area (TPSA) is 84.5 Å². The molecule has 0 aliphatic rings. The first-order valence-electron chi connectivity index (χ1n) is 8.22. The van der Waals surface area contributed by atoms with Gasteiger partial charge in [0, 0.05) is 5.56 Å². The summed E-state index contributed by atoms with van der Waals surface area (Å²) >= 11 is 6.63. The van der Waals surface area contributed by atoms with E-state index in [0.29, 0.717) is 22.3 Å². The third-order valence-electron chi connectivity index (χ3n) is 3.50. The third kappa shape index (κ3) is 6.28. The number of hydrogen-bond acceptors (Lipinski definition) is 5. The summed E-state index contributed by atoms with van der Waals surface area (Å²) in [7, 11) is -3.84. The summed E-state index contributed by atoms with van der Waals surface area (Å²) in [6, 6.07) is 9.36. The Morgan fingerprint density at radius 2 is 1.85 bits per heavy atom. The SMILES string of the molecule is CCCCCCOc1ccc(C(=O)NNS(=O)(=O)c2ccc(Cl)s2)cc1. The molecule has 1 aromatic carbocycles. The number of nitrogens with one attached hydrogen (secondary N) is 2. The van der Waals surface area contributed by atoms with Crippen molar-refractivity contribution in [2.75, 3.05) is 6.61 Å². The van der Waals surface area contributed by atoms with Crippen molar-refractivity contribution in [3.63, 3.8) is 0 Å². The summed E-state index contributed by atoms with van der Waals surface area (Å²) in [5, 5.41) is 0. The van der Waals surface area contributed by atoms with E-state index in [2.05, 4.69) is 12.3 Å². The lowest BCUT2D eigenvalue weighted by molar-refractivity contribution is 0.0945. The number of hydrogen-bond donors (Lipinski definition) is 2. The van der Waals surface area contributed by atoms with Gasteiger partial charge >= 0.3 is 0 Å². The molecule has 1 heterocycles. The number of carbonyl (C=O) groups is 1. The van der Waals surface area contributed by atoms with Crippen molar-refractivity contribution >= 4 is 38.9 Å². The zero-order valence-electron chi connectivity index (χ0n) is 14.3. The molecule has 1 amide bonds. The minimum absolute atomic E-state index is 0.0228. The Morgan fingerprint density at radius 3 is 2.46 bits per heavy atom. The molecule has 0 unspecified atom stereocenters. The van der Waals surface area contributed by atoms with Gasteiger partial charge in [0.15, 0.2) is 0 Å². The number of sulfonamides is 1. The summed E-state index contributed by atoms with van der Waals surface area (Å²) < 4.78 is 30.0. The second kappa shape index (κ2) is 9.91. The maximum absolute atomic E-state index is 12.1. The molecule has 0 fully saturated rings. The van der Waals surface area contributed by atoms with E-state index in [1.165, 1.54) is 25.0 Å². The Morgan fingerprint density at radius 1 is 1.12 bits per heavy atom. The van der Waals surface area contributed by atoms with E-state index in [4.69, 9.17) is 16.3 Å². The van der Waals surface area contributed by atoms with Gasteiger partial charge in [0.1, 0.15) is 9.96 Å². The van der Waals surface area contributed by atoms with Crippen molar-refractivity contribution in [3.05, 3.63) is 46.3 Å². The van der Waals surface area contributed by atoms with Crippen LogP contribution in [-0.2, 0) is 10.0 Å². The van der Waals surface area contributed by atoms with Gasteiger partial charge in [-0.2, -0.15) is 0 Å². The highest BCUT2D eigenvalue weighted by molar-refractivity contribution is 7.91. The van der Waals surface area contributed by atoms with Gasteiger partial charge in [0.25, 0.3) is 15.9 Å². The Kier molecular flexibility index (Phi) is 7.89. The van der Waals surface area contributed by atoms with Gasteiger partial charge in [0.2, 0.25) is 0 Å². The fourth-order valence-electron chi connectivity index (χ4n) is 2.10. The van der Waals surface area contributed by atoms with E-state index >= 15 is 0 Å². The molecule has 0 spiro atoms. The minimum Gasteiger partial charge on any atom is -0.494 e. The average Bonchev–Trinajstić information content (AvgIpc) is 3.07. The lowest BCUT2D eigenvalue weighted by Gasteiger charge is -2.09. The van der Waals surface area contributed by atoms with Crippen LogP contribution in [0.25, 0.3) is 0 Å². The predicted octanol–water partition coefficient (Wildman–Crippen LogP) is 3.98. The molecule has 0 saturated heterocycles. The van der Waals surface area contributed by atoms with Crippen LogP contribution in [0.1, 0.15) is 43.0 Å². The smallest absolute Gasteiger partial charge is 0.266 e. The monoisotopic (exact) mass is 416 g/mol. The van der Waals surface area contributed by atoms with E-state index in [0.717, 1.165) is 24.2 Å². The van der Waals surface area contributed by atoms with Crippen LogP contribution in [0, 0.1) is 0 Å². The van der Waals surface area contributed by atoms with Crippen LogP contribution in [-0.4, -0.2) is 20.9 Å². The highest BCUT2D eigenvalue weighted by Gasteiger charge is 2.18.